The zero-order chi connectivity index (χ0) is 19.4. The first-order chi connectivity index (χ1) is 12.9. The summed E-state index contributed by atoms with van der Waals surface area (Å²) in [4.78, 5) is 16.7. The fraction of sp³-hybridized carbons (Fsp3) is 0.400. The third-order valence-electron chi connectivity index (χ3n) is 4.29. The molecule has 0 aliphatic heterocycles. The van der Waals surface area contributed by atoms with Gasteiger partial charge >= 0.3 is 5.97 Å². The molecular formula is C20H27N3O3Si. The van der Waals surface area contributed by atoms with Gasteiger partial charge < -0.3 is 9.47 Å². The van der Waals surface area contributed by atoms with Crippen molar-refractivity contribution in [2.75, 3.05) is 13.2 Å². The zero-order valence-electron chi connectivity index (χ0n) is 16.4. The number of benzene rings is 1. The van der Waals surface area contributed by atoms with E-state index < -0.39 is 8.07 Å². The van der Waals surface area contributed by atoms with E-state index in [0.29, 0.717) is 18.9 Å². The number of carbonyl (C=O) groups is 1. The molecule has 0 amide bonds. The minimum Gasteiger partial charge on any atom is -0.462 e. The summed E-state index contributed by atoms with van der Waals surface area (Å²) in [6.07, 6.45) is 3.57. The Hall–Kier alpha value is -2.38. The molecule has 0 atom stereocenters. The number of aromatic nitrogens is 3. The highest BCUT2D eigenvalue weighted by atomic mass is 28.3. The van der Waals surface area contributed by atoms with Crippen LogP contribution in [0.4, 0.5) is 0 Å². The highest BCUT2D eigenvalue weighted by Crippen LogP contribution is 2.20. The monoisotopic (exact) mass is 385 g/mol. The Labute approximate surface area is 160 Å². The summed E-state index contributed by atoms with van der Waals surface area (Å²) < 4.78 is 14.9. The van der Waals surface area contributed by atoms with Crippen LogP contribution in [0.15, 0.2) is 42.7 Å². The molecule has 6 nitrogen and oxygen atoms in total. The molecule has 1 aromatic carbocycles. The minimum atomic E-state index is -1.13. The van der Waals surface area contributed by atoms with E-state index in [-0.39, 0.29) is 5.97 Å². The van der Waals surface area contributed by atoms with Gasteiger partial charge in [0.15, 0.2) is 0 Å². The van der Waals surface area contributed by atoms with Crippen molar-refractivity contribution >= 4 is 25.1 Å². The maximum absolute atomic E-state index is 12.0. The zero-order valence-corrected chi connectivity index (χ0v) is 17.4. The molecule has 7 heteroatoms. The molecule has 3 aromatic rings. The van der Waals surface area contributed by atoms with E-state index in [1.54, 1.807) is 19.2 Å². The van der Waals surface area contributed by atoms with Crippen molar-refractivity contribution in [1.29, 1.82) is 0 Å². The standard InChI is InChI=1S/C20H27N3O3Si/c1-5-26-19(24)16-10-11-22(14-16)20-21-17-8-6-7-9-18(17)23(20)15-25-12-13-27(2,3)4/h6-11,14H,5,12-13,15H2,1-4H3. The number of rotatable bonds is 8. The molecule has 3 rings (SSSR count). The summed E-state index contributed by atoms with van der Waals surface area (Å²) in [5.74, 6) is 0.394. The molecule has 0 unspecified atom stereocenters. The van der Waals surface area contributed by atoms with Crippen molar-refractivity contribution in [2.24, 2.45) is 0 Å². The summed E-state index contributed by atoms with van der Waals surface area (Å²) in [6, 6.07) is 10.8. The lowest BCUT2D eigenvalue weighted by atomic mass is 10.3. The molecule has 0 bridgehead atoms. The molecule has 2 heterocycles. The topological polar surface area (TPSA) is 58.3 Å². The van der Waals surface area contributed by atoms with Crippen molar-refractivity contribution in [3.05, 3.63) is 48.3 Å². The maximum Gasteiger partial charge on any atom is 0.339 e. The fourth-order valence-electron chi connectivity index (χ4n) is 2.78. The molecule has 0 spiro atoms. The first-order valence-electron chi connectivity index (χ1n) is 9.27. The smallest absolute Gasteiger partial charge is 0.339 e. The van der Waals surface area contributed by atoms with E-state index >= 15 is 0 Å². The second kappa shape index (κ2) is 8.10. The van der Waals surface area contributed by atoms with Gasteiger partial charge in [-0.25, -0.2) is 9.78 Å². The summed E-state index contributed by atoms with van der Waals surface area (Å²) in [5, 5.41) is 0. The molecule has 0 aliphatic rings. The van der Waals surface area contributed by atoms with Gasteiger partial charge in [0.25, 0.3) is 0 Å². The van der Waals surface area contributed by atoms with Gasteiger partial charge in [-0.15, -0.1) is 0 Å². The number of hydrogen-bond donors (Lipinski definition) is 0. The van der Waals surface area contributed by atoms with Gasteiger partial charge in [-0.05, 0) is 31.2 Å². The van der Waals surface area contributed by atoms with E-state index in [1.807, 2.05) is 39.6 Å². The highest BCUT2D eigenvalue weighted by Gasteiger charge is 2.16. The predicted molar refractivity (Wildman–Crippen MR) is 109 cm³/mol. The number of hydrogen-bond acceptors (Lipinski definition) is 4. The number of carbonyl (C=O) groups excluding carboxylic acids is 1. The van der Waals surface area contributed by atoms with Crippen LogP contribution in [0.1, 0.15) is 17.3 Å². The largest absolute Gasteiger partial charge is 0.462 e. The Morgan fingerprint density at radius 3 is 2.70 bits per heavy atom. The molecular weight excluding hydrogens is 358 g/mol. The van der Waals surface area contributed by atoms with Gasteiger partial charge in [0.1, 0.15) is 6.73 Å². The highest BCUT2D eigenvalue weighted by molar-refractivity contribution is 6.76. The molecule has 0 fully saturated rings. The molecule has 0 radical (unpaired) electrons. The molecule has 0 N–H and O–H groups in total. The molecule has 0 aliphatic carbocycles. The van der Waals surface area contributed by atoms with Gasteiger partial charge in [0.2, 0.25) is 5.95 Å². The molecule has 27 heavy (non-hydrogen) atoms. The van der Waals surface area contributed by atoms with Gasteiger partial charge in [-0.1, -0.05) is 31.8 Å². The van der Waals surface area contributed by atoms with Gasteiger partial charge in [0, 0.05) is 27.1 Å². The van der Waals surface area contributed by atoms with Crippen molar-refractivity contribution in [1.82, 2.24) is 14.1 Å². The average Bonchev–Trinajstić information content (AvgIpc) is 3.23. The SMILES string of the molecule is CCOC(=O)c1ccn(-c2nc3ccccc3n2COCC[Si](C)(C)C)c1. The minimum absolute atomic E-state index is 0.328. The number of fused-ring (bicyclic) bond motifs is 1. The molecule has 0 saturated carbocycles. The Morgan fingerprint density at radius 2 is 1.96 bits per heavy atom. The predicted octanol–water partition coefficient (Wildman–Crippen LogP) is 4.32. The molecule has 0 saturated heterocycles. The normalized spacial score (nSPS) is 11.9. The second-order valence-electron chi connectivity index (χ2n) is 7.70. The number of ether oxygens (including phenoxy) is 2. The second-order valence-corrected chi connectivity index (χ2v) is 13.3. The van der Waals surface area contributed by atoms with E-state index in [2.05, 4.69) is 19.6 Å². The number of imidazole rings is 1. The van der Waals surface area contributed by atoms with Crippen LogP contribution in [0, 0.1) is 0 Å². The average molecular weight is 386 g/mol. The fourth-order valence-corrected chi connectivity index (χ4v) is 3.53. The Kier molecular flexibility index (Phi) is 5.81. The van der Waals surface area contributed by atoms with Crippen molar-refractivity contribution in [2.45, 2.75) is 39.3 Å². The van der Waals surface area contributed by atoms with E-state index in [0.717, 1.165) is 29.6 Å². The number of esters is 1. The number of para-hydroxylation sites is 2. The van der Waals surface area contributed by atoms with Crippen LogP contribution in [-0.4, -0.2) is 41.4 Å². The van der Waals surface area contributed by atoms with Crippen LogP contribution >= 0.6 is 0 Å². The van der Waals surface area contributed by atoms with Gasteiger partial charge in [0.05, 0.1) is 23.2 Å². The Morgan fingerprint density at radius 1 is 1.19 bits per heavy atom. The lowest BCUT2D eigenvalue weighted by Gasteiger charge is -2.16. The first-order valence-corrected chi connectivity index (χ1v) is 13.0. The summed E-state index contributed by atoms with van der Waals surface area (Å²) in [6.45, 7) is 10.3. The molecule has 2 aromatic heterocycles. The van der Waals surface area contributed by atoms with Crippen molar-refractivity contribution < 1.29 is 14.3 Å². The lowest BCUT2D eigenvalue weighted by Crippen LogP contribution is -2.22. The van der Waals surface area contributed by atoms with Gasteiger partial charge in [-0.2, -0.15) is 0 Å². The Balaban J connectivity index is 1.87. The quantitative estimate of drug-likeness (QED) is 0.329. The lowest BCUT2D eigenvalue weighted by molar-refractivity contribution is 0.0526. The number of nitrogens with zero attached hydrogens (tertiary/aromatic N) is 3. The van der Waals surface area contributed by atoms with Crippen LogP contribution in [0.3, 0.4) is 0 Å². The maximum atomic E-state index is 12.0. The van der Waals surface area contributed by atoms with E-state index in [1.165, 1.54) is 0 Å². The third-order valence-corrected chi connectivity index (χ3v) is 5.99. The Bertz CT molecular complexity index is 924. The summed E-state index contributed by atoms with van der Waals surface area (Å²) in [7, 11) is -1.13. The van der Waals surface area contributed by atoms with E-state index in [9.17, 15) is 4.79 Å². The van der Waals surface area contributed by atoms with Crippen LogP contribution in [-0.2, 0) is 16.2 Å². The van der Waals surface area contributed by atoms with Crippen LogP contribution in [0.25, 0.3) is 17.0 Å². The van der Waals surface area contributed by atoms with Crippen molar-refractivity contribution in [3.8, 4) is 5.95 Å². The van der Waals surface area contributed by atoms with Crippen LogP contribution in [0.5, 0.6) is 0 Å². The van der Waals surface area contributed by atoms with Crippen LogP contribution in [0.2, 0.25) is 25.7 Å². The van der Waals surface area contributed by atoms with Gasteiger partial charge in [-0.3, -0.25) is 9.13 Å². The summed E-state index contributed by atoms with van der Waals surface area (Å²) in [5.41, 5.74) is 2.41. The third kappa shape index (κ3) is 4.67. The summed E-state index contributed by atoms with van der Waals surface area (Å²) >= 11 is 0. The van der Waals surface area contributed by atoms with Crippen molar-refractivity contribution in [3.63, 3.8) is 0 Å². The first kappa shape index (κ1) is 19.4. The van der Waals surface area contributed by atoms with E-state index in [4.69, 9.17) is 14.5 Å². The molecule has 144 valence electrons. The van der Waals surface area contributed by atoms with Crippen LogP contribution < -0.4 is 0 Å².